The van der Waals surface area contributed by atoms with Crippen LogP contribution >= 0.6 is 24.0 Å². The molecule has 2 aromatic rings. The van der Waals surface area contributed by atoms with Gasteiger partial charge < -0.3 is 25.4 Å². The number of benzene rings is 1. The van der Waals surface area contributed by atoms with Crippen molar-refractivity contribution in [3.63, 3.8) is 0 Å². The molecule has 0 aliphatic carbocycles. The number of rotatable bonds is 9. The number of ether oxygens (including phenoxy) is 2. The third kappa shape index (κ3) is 9.09. The summed E-state index contributed by atoms with van der Waals surface area (Å²) in [6.07, 6.45) is 3.24. The van der Waals surface area contributed by atoms with Gasteiger partial charge in [0.05, 0.1) is 25.0 Å². The van der Waals surface area contributed by atoms with Gasteiger partial charge in [0.15, 0.2) is 5.96 Å². The molecule has 9 heteroatoms. The van der Waals surface area contributed by atoms with Gasteiger partial charge in [0.2, 0.25) is 5.91 Å². The number of halogens is 1. The van der Waals surface area contributed by atoms with E-state index in [-0.39, 0.29) is 36.4 Å². The summed E-state index contributed by atoms with van der Waals surface area (Å²) in [5.74, 6) is 1.13. The van der Waals surface area contributed by atoms with Gasteiger partial charge in [-0.15, -0.1) is 24.0 Å². The molecular weight excluding hydrogens is 485 g/mol. The van der Waals surface area contributed by atoms with Gasteiger partial charge in [-0.3, -0.25) is 14.8 Å². The monoisotopic (exact) mass is 513 g/mol. The van der Waals surface area contributed by atoms with Crippen LogP contribution in [0.5, 0.6) is 5.75 Å². The highest BCUT2D eigenvalue weighted by atomic mass is 127. The number of pyridine rings is 1. The molecule has 3 N–H and O–H groups in total. The fourth-order valence-electron chi connectivity index (χ4n) is 2.38. The topological polar surface area (TPSA) is 96.9 Å². The Morgan fingerprint density at radius 2 is 2.03 bits per heavy atom. The van der Waals surface area contributed by atoms with Crippen LogP contribution in [-0.2, 0) is 16.1 Å². The lowest BCUT2D eigenvalue weighted by Crippen LogP contribution is -2.41. The number of carbonyl (C=O) groups excluding carboxylic acids is 1. The van der Waals surface area contributed by atoms with Crippen LogP contribution in [0.3, 0.4) is 0 Å². The molecule has 0 aliphatic heterocycles. The predicted octanol–water partition coefficient (Wildman–Crippen LogP) is 2.34. The highest BCUT2D eigenvalue weighted by molar-refractivity contribution is 14.0. The van der Waals surface area contributed by atoms with Crippen molar-refractivity contribution in [1.29, 1.82) is 0 Å². The maximum atomic E-state index is 12.0. The fourth-order valence-corrected chi connectivity index (χ4v) is 2.38. The van der Waals surface area contributed by atoms with Crippen LogP contribution in [0, 0.1) is 6.92 Å². The summed E-state index contributed by atoms with van der Waals surface area (Å²) in [6.45, 7) is 3.61. The van der Waals surface area contributed by atoms with Gasteiger partial charge in [0, 0.05) is 32.5 Å². The smallest absolute Gasteiger partial charge is 0.243 e. The third-order valence-corrected chi connectivity index (χ3v) is 3.80. The molecule has 0 spiro atoms. The summed E-state index contributed by atoms with van der Waals surface area (Å²) in [4.78, 5) is 20.1. The van der Waals surface area contributed by atoms with Crippen molar-refractivity contribution in [2.24, 2.45) is 4.99 Å². The fraction of sp³-hybridized carbons (Fsp3) is 0.350. The van der Waals surface area contributed by atoms with E-state index >= 15 is 0 Å². The van der Waals surface area contributed by atoms with Gasteiger partial charge in [0.1, 0.15) is 12.4 Å². The maximum absolute atomic E-state index is 12.0. The Kier molecular flexibility index (Phi) is 11.7. The summed E-state index contributed by atoms with van der Waals surface area (Å²) < 4.78 is 10.8. The van der Waals surface area contributed by atoms with Gasteiger partial charge >= 0.3 is 0 Å². The number of methoxy groups -OCH3 is 1. The van der Waals surface area contributed by atoms with E-state index in [0.29, 0.717) is 31.4 Å². The van der Waals surface area contributed by atoms with Crippen LogP contribution < -0.4 is 20.7 Å². The lowest BCUT2D eigenvalue weighted by molar-refractivity contribution is -0.115. The summed E-state index contributed by atoms with van der Waals surface area (Å²) in [5.41, 5.74) is 2.75. The van der Waals surface area contributed by atoms with Crippen molar-refractivity contribution in [2.45, 2.75) is 13.5 Å². The number of nitrogens with one attached hydrogen (secondary N) is 3. The molecule has 1 aromatic heterocycles. The number of carbonyl (C=O) groups is 1. The molecule has 158 valence electrons. The lowest BCUT2D eigenvalue weighted by Gasteiger charge is -2.15. The molecule has 0 bridgehead atoms. The van der Waals surface area contributed by atoms with Crippen LogP contribution in [-0.4, -0.2) is 50.8 Å². The Labute approximate surface area is 188 Å². The molecule has 0 atom stereocenters. The van der Waals surface area contributed by atoms with Gasteiger partial charge in [-0.1, -0.05) is 12.1 Å². The number of aryl methyl sites for hydroxylation is 1. The van der Waals surface area contributed by atoms with E-state index in [0.717, 1.165) is 16.9 Å². The minimum atomic E-state index is -0.185. The van der Waals surface area contributed by atoms with Crippen LogP contribution in [0.15, 0.2) is 47.7 Å². The highest BCUT2D eigenvalue weighted by Crippen LogP contribution is 2.20. The van der Waals surface area contributed by atoms with E-state index in [4.69, 9.17) is 9.47 Å². The zero-order chi connectivity index (χ0) is 20.2. The van der Waals surface area contributed by atoms with E-state index in [1.165, 1.54) is 0 Å². The van der Waals surface area contributed by atoms with Crippen molar-refractivity contribution in [3.05, 3.63) is 53.9 Å². The molecule has 0 fully saturated rings. The van der Waals surface area contributed by atoms with Gasteiger partial charge in [-0.05, 0) is 30.7 Å². The molecule has 0 radical (unpaired) electrons. The van der Waals surface area contributed by atoms with Crippen molar-refractivity contribution in [2.75, 3.05) is 39.2 Å². The summed E-state index contributed by atoms with van der Waals surface area (Å²) in [6, 6.07) is 9.56. The summed E-state index contributed by atoms with van der Waals surface area (Å²) in [5, 5.41) is 8.94. The van der Waals surface area contributed by atoms with Gasteiger partial charge in [-0.25, -0.2) is 0 Å². The van der Waals surface area contributed by atoms with E-state index in [2.05, 4.69) is 25.9 Å². The average Bonchev–Trinajstić information content (AvgIpc) is 2.70. The highest BCUT2D eigenvalue weighted by Gasteiger charge is 2.08. The average molecular weight is 513 g/mol. The largest absolute Gasteiger partial charge is 0.491 e. The van der Waals surface area contributed by atoms with E-state index in [1.807, 2.05) is 25.1 Å². The molecule has 1 aromatic carbocycles. The standard InChI is InChI=1S/C20H27N5O3.HI/c1-15-6-7-16(18(11-15)28-10-9-27-3)12-23-20(21-2)24-14-19(26)25-17-5-4-8-22-13-17;/h4-8,11,13H,9-10,12,14H2,1-3H3,(H,25,26)(H2,21,23,24);1H. The third-order valence-electron chi connectivity index (χ3n) is 3.80. The number of anilines is 1. The number of nitrogens with zero attached hydrogens (tertiary/aromatic N) is 2. The van der Waals surface area contributed by atoms with E-state index < -0.39 is 0 Å². The number of aliphatic imine (C=N–C) groups is 1. The first-order valence-electron chi connectivity index (χ1n) is 8.98. The van der Waals surface area contributed by atoms with E-state index in [1.54, 1.807) is 38.7 Å². The summed E-state index contributed by atoms with van der Waals surface area (Å²) in [7, 11) is 3.29. The molecule has 1 amide bonds. The second-order valence-corrected chi connectivity index (χ2v) is 6.02. The number of amides is 1. The Bertz CT molecular complexity index is 787. The van der Waals surface area contributed by atoms with E-state index in [9.17, 15) is 4.79 Å². The molecule has 2 rings (SSSR count). The molecule has 29 heavy (non-hydrogen) atoms. The van der Waals surface area contributed by atoms with Gasteiger partial charge in [-0.2, -0.15) is 0 Å². The Morgan fingerprint density at radius 1 is 1.21 bits per heavy atom. The number of hydrogen-bond donors (Lipinski definition) is 3. The van der Waals surface area contributed by atoms with Crippen molar-refractivity contribution in [1.82, 2.24) is 15.6 Å². The number of guanidine groups is 1. The molecule has 0 saturated carbocycles. The Balaban J connectivity index is 0.00000420. The zero-order valence-corrected chi connectivity index (χ0v) is 19.2. The SMILES string of the molecule is CN=C(NCC(=O)Nc1cccnc1)NCc1ccc(C)cc1OCCOC.I. The molecule has 0 saturated heterocycles. The van der Waals surface area contributed by atoms with Gasteiger partial charge in [0.25, 0.3) is 0 Å². The van der Waals surface area contributed by atoms with Crippen LogP contribution in [0.4, 0.5) is 5.69 Å². The molecule has 0 unspecified atom stereocenters. The van der Waals surface area contributed by atoms with Crippen molar-refractivity contribution in [3.8, 4) is 5.75 Å². The number of hydrogen-bond acceptors (Lipinski definition) is 5. The molecule has 8 nitrogen and oxygen atoms in total. The maximum Gasteiger partial charge on any atom is 0.243 e. The van der Waals surface area contributed by atoms with Crippen LogP contribution in [0.2, 0.25) is 0 Å². The normalized spacial score (nSPS) is 10.7. The first-order valence-corrected chi connectivity index (χ1v) is 8.98. The second kappa shape index (κ2) is 13.7. The summed E-state index contributed by atoms with van der Waals surface area (Å²) >= 11 is 0. The Hall–Kier alpha value is -2.40. The predicted molar refractivity (Wildman–Crippen MR) is 125 cm³/mol. The minimum absolute atomic E-state index is 0. The zero-order valence-electron chi connectivity index (χ0n) is 16.9. The lowest BCUT2D eigenvalue weighted by atomic mass is 10.1. The minimum Gasteiger partial charge on any atom is -0.491 e. The number of aromatic nitrogens is 1. The van der Waals surface area contributed by atoms with Crippen LogP contribution in [0.25, 0.3) is 0 Å². The second-order valence-electron chi connectivity index (χ2n) is 6.02. The Morgan fingerprint density at radius 3 is 2.72 bits per heavy atom. The molecular formula is C20H28IN5O3. The quantitative estimate of drug-likeness (QED) is 0.206. The first-order chi connectivity index (χ1) is 13.6. The molecule has 1 heterocycles. The van der Waals surface area contributed by atoms with Crippen molar-refractivity contribution >= 4 is 41.5 Å². The van der Waals surface area contributed by atoms with Crippen molar-refractivity contribution < 1.29 is 14.3 Å². The molecule has 0 aliphatic rings. The first kappa shape index (κ1) is 24.6. The van der Waals surface area contributed by atoms with Crippen LogP contribution in [0.1, 0.15) is 11.1 Å².